The molecule has 0 fully saturated rings. The number of hydrogen-bond acceptors (Lipinski definition) is 1. The molecule has 0 unspecified atom stereocenters. The van der Waals surface area contributed by atoms with E-state index in [4.69, 9.17) is 0 Å². The first-order valence-corrected chi connectivity index (χ1v) is 5.98. The van der Waals surface area contributed by atoms with E-state index < -0.39 is 57.1 Å². The van der Waals surface area contributed by atoms with Crippen molar-refractivity contribution in [1.29, 1.82) is 0 Å². The van der Waals surface area contributed by atoms with Gasteiger partial charge in [-0.3, -0.25) is 0 Å². The summed E-state index contributed by atoms with van der Waals surface area (Å²) < 4.78 is 85.6. The van der Waals surface area contributed by atoms with Gasteiger partial charge in [-0.15, -0.1) is 0 Å². The highest BCUT2D eigenvalue weighted by molar-refractivity contribution is 6.68. The van der Waals surface area contributed by atoms with Crippen LogP contribution in [0.5, 0.6) is 5.75 Å². The van der Waals surface area contributed by atoms with Crippen molar-refractivity contribution < 1.29 is 31.1 Å². The predicted octanol–water partition coefficient (Wildman–Crippen LogP) is 2.49. The molecular formula is C14H8BF6O. The number of rotatable bonds is 3. The summed E-state index contributed by atoms with van der Waals surface area (Å²) in [6.45, 7) is 1.05. The highest BCUT2D eigenvalue weighted by Gasteiger charge is 2.24. The van der Waals surface area contributed by atoms with E-state index in [0.29, 0.717) is 7.28 Å². The van der Waals surface area contributed by atoms with Crippen LogP contribution in [0, 0.1) is 41.8 Å². The molecule has 0 bridgehead atoms. The Labute approximate surface area is 122 Å². The monoisotopic (exact) mass is 317 g/mol. The summed E-state index contributed by atoms with van der Waals surface area (Å²) in [5, 5.41) is 0. The van der Waals surface area contributed by atoms with Crippen LogP contribution in [-0.4, -0.2) is 14.4 Å². The van der Waals surface area contributed by atoms with Crippen LogP contribution in [0.3, 0.4) is 0 Å². The molecule has 0 aromatic heterocycles. The fourth-order valence-corrected chi connectivity index (χ4v) is 1.98. The molecule has 2 rings (SSSR count). The largest absolute Gasteiger partial charge is 0.494 e. The molecule has 8 heteroatoms. The van der Waals surface area contributed by atoms with Gasteiger partial charge in [-0.05, 0) is 17.9 Å². The second kappa shape index (κ2) is 5.94. The van der Waals surface area contributed by atoms with E-state index in [2.05, 4.69) is 4.74 Å². The lowest BCUT2D eigenvalue weighted by Crippen LogP contribution is -2.36. The Morgan fingerprint density at radius 3 is 1.91 bits per heavy atom. The Bertz CT molecular complexity index is 747. The molecule has 1 nitrogen and oxygen atoms in total. The van der Waals surface area contributed by atoms with E-state index in [9.17, 15) is 26.3 Å². The van der Waals surface area contributed by atoms with Crippen molar-refractivity contribution in [3.63, 3.8) is 0 Å². The summed E-state index contributed by atoms with van der Waals surface area (Å²) >= 11 is 0. The molecule has 2 aromatic carbocycles. The van der Waals surface area contributed by atoms with Crippen LogP contribution in [0.25, 0.3) is 0 Å². The van der Waals surface area contributed by atoms with Crippen LogP contribution in [0.4, 0.5) is 26.3 Å². The van der Waals surface area contributed by atoms with Crippen LogP contribution in [0.1, 0.15) is 5.56 Å². The number of benzene rings is 2. The molecular weight excluding hydrogens is 309 g/mol. The highest BCUT2D eigenvalue weighted by Crippen LogP contribution is 2.19. The summed E-state index contributed by atoms with van der Waals surface area (Å²) in [6.07, 6.45) is 0. The normalized spacial score (nSPS) is 10.7. The Hall–Kier alpha value is -2.12. The van der Waals surface area contributed by atoms with E-state index in [1.54, 1.807) is 0 Å². The van der Waals surface area contributed by atoms with Crippen LogP contribution in [0.2, 0.25) is 0 Å². The van der Waals surface area contributed by atoms with E-state index >= 15 is 0 Å². The Balaban J connectivity index is 2.64. The molecule has 2 aromatic rings. The van der Waals surface area contributed by atoms with Crippen molar-refractivity contribution >= 4 is 18.2 Å². The van der Waals surface area contributed by atoms with Gasteiger partial charge in [0.15, 0.2) is 34.8 Å². The molecule has 22 heavy (non-hydrogen) atoms. The Kier molecular flexibility index (Phi) is 4.39. The number of methoxy groups -OCH3 is 1. The Morgan fingerprint density at radius 2 is 1.32 bits per heavy atom. The zero-order chi connectivity index (χ0) is 16.6. The van der Waals surface area contributed by atoms with Gasteiger partial charge in [-0.2, -0.15) is 0 Å². The van der Waals surface area contributed by atoms with Gasteiger partial charge in [0.05, 0.1) is 7.11 Å². The minimum absolute atomic E-state index is 0.258. The third-order valence-corrected chi connectivity index (χ3v) is 3.11. The fourth-order valence-electron chi connectivity index (χ4n) is 1.98. The third kappa shape index (κ3) is 2.65. The fraction of sp³-hybridized carbons (Fsp3) is 0.143. The third-order valence-electron chi connectivity index (χ3n) is 3.11. The van der Waals surface area contributed by atoms with Crippen molar-refractivity contribution in [2.45, 2.75) is 6.92 Å². The van der Waals surface area contributed by atoms with Crippen molar-refractivity contribution in [2.75, 3.05) is 7.11 Å². The summed E-state index contributed by atoms with van der Waals surface area (Å²) in [4.78, 5) is 0. The highest BCUT2D eigenvalue weighted by atomic mass is 19.2. The van der Waals surface area contributed by atoms with E-state index in [-0.39, 0.29) is 12.1 Å². The Morgan fingerprint density at radius 1 is 0.773 bits per heavy atom. The van der Waals surface area contributed by atoms with Gasteiger partial charge in [-0.1, -0.05) is 0 Å². The van der Waals surface area contributed by atoms with Gasteiger partial charge in [-0.25, -0.2) is 26.3 Å². The SMILES string of the molecule is COc1c(F)cc(F)c(F)c1[B]c1c(F)cc(F)c(F)c1C. The smallest absolute Gasteiger partial charge is 0.205 e. The van der Waals surface area contributed by atoms with Gasteiger partial charge in [0.25, 0.3) is 0 Å². The molecule has 0 aliphatic heterocycles. The zero-order valence-electron chi connectivity index (χ0n) is 11.4. The van der Waals surface area contributed by atoms with Crippen molar-refractivity contribution in [2.24, 2.45) is 0 Å². The first-order valence-electron chi connectivity index (χ1n) is 5.98. The van der Waals surface area contributed by atoms with Gasteiger partial charge in [0, 0.05) is 17.6 Å². The zero-order valence-corrected chi connectivity index (χ0v) is 11.4. The van der Waals surface area contributed by atoms with Crippen molar-refractivity contribution in [3.8, 4) is 5.75 Å². The standard InChI is InChI=1S/C14H8BF6O/c1-5-10(6(16)3-7(17)12(5)20)15-11-13(21)8(18)4-9(19)14(11)22-2/h3-4H,1-2H3. The second-order valence-electron chi connectivity index (χ2n) is 4.44. The van der Waals surface area contributed by atoms with Crippen molar-refractivity contribution in [1.82, 2.24) is 0 Å². The summed E-state index contributed by atoms with van der Waals surface area (Å²) in [5.41, 5.74) is -1.75. The molecule has 0 spiro atoms. The van der Waals surface area contributed by atoms with Gasteiger partial charge in [0.1, 0.15) is 5.82 Å². The molecule has 0 aliphatic rings. The van der Waals surface area contributed by atoms with Gasteiger partial charge in [0.2, 0.25) is 7.28 Å². The van der Waals surface area contributed by atoms with Crippen LogP contribution >= 0.6 is 0 Å². The molecule has 0 amide bonds. The molecule has 115 valence electrons. The van der Waals surface area contributed by atoms with E-state index in [0.717, 1.165) is 14.0 Å². The maximum absolute atomic E-state index is 13.8. The first-order chi connectivity index (χ1) is 10.3. The maximum atomic E-state index is 13.8. The number of hydrogen-bond donors (Lipinski definition) is 0. The minimum atomic E-state index is -1.52. The van der Waals surface area contributed by atoms with Crippen LogP contribution in [-0.2, 0) is 0 Å². The lowest BCUT2D eigenvalue weighted by Gasteiger charge is -2.13. The maximum Gasteiger partial charge on any atom is 0.205 e. The second-order valence-corrected chi connectivity index (χ2v) is 4.44. The van der Waals surface area contributed by atoms with E-state index in [1.165, 1.54) is 0 Å². The quantitative estimate of drug-likeness (QED) is 0.480. The van der Waals surface area contributed by atoms with Crippen molar-refractivity contribution in [3.05, 3.63) is 52.6 Å². The van der Waals surface area contributed by atoms with Crippen LogP contribution < -0.4 is 15.7 Å². The molecule has 0 atom stereocenters. The molecule has 0 saturated carbocycles. The lowest BCUT2D eigenvalue weighted by atomic mass is 9.61. The average Bonchev–Trinajstić information content (AvgIpc) is 2.46. The summed E-state index contributed by atoms with van der Waals surface area (Å²) in [7, 11) is 1.66. The van der Waals surface area contributed by atoms with E-state index in [1.807, 2.05) is 0 Å². The molecule has 0 aliphatic carbocycles. The number of ether oxygens (including phenoxy) is 1. The molecule has 1 radical (unpaired) electrons. The average molecular weight is 317 g/mol. The molecule has 0 N–H and O–H groups in total. The minimum Gasteiger partial charge on any atom is -0.494 e. The topological polar surface area (TPSA) is 9.23 Å². The predicted molar refractivity (Wildman–Crippen MR) is 68.9 cm³/mol. The lowest BCUT2D eigenvalue weighted by molar-refractivity contribution is 0.381. The molecule has 0 heterocycles. The summed E-state index contributed by atoms with van der Waals surface area (Å²) in [5.74, 6) is -8.89. The molecule has 0 saturated heterocycles. The van der Waals surface area contributed by atoms with Crippen LogP contribution in [0.15, 0.2) is 12.1 Å². The van der Waals surface area contributed by atoms with Gasteiger partial charge < -0.3 is 4.74 Å². The first kappa shape index (κ1) is 16.3. The van der Waals surface area contributed by atoms with Gasteiger partial charge >= 0.3 is 0 Å². The number of halogens is 6. The summed E-state index contributed by atoms with van der Waals surface area (Å²) in [6, 6.07) is 0.522.